The first-order chi connectivity index (χ1) is 9.01. The summed E-state index contributed by atoms with van der Waals surface area (Å²) in [6, 6.07) is 6.41. The number of aryl methyl sites for hydroxylation is 2. The molecule has 2 aromatic rings. The van der Waals surface area contributed by atoms with Crippen LogP contribution in [0.1, 0.15) is 20.1 Å². The maximum atomic E-state index is 12.0. The van der Waals surface area contributed by atoms with Crippen LogP contribution in [-0.2, 0) is 0 Å². The third-order valence-corrected chi connectivity index (χ3v) is 3.72. The van der Waals surface area contributed by atoms with Crippen LogP contribution in [0.4, 0.5) is 0 Å². The molecular weight excluding hydrogens is 264 g/mol. The van der Waals surface area contributed by atoms with Gasteiger partial charge in [-0.05, 0) is 37.6 Å². The van der Waals surface area contributed by atoms with E-state index in [0.29, 0.717) is 10.6 Å². The van der Waals surface area contributed by atoms with Crippen LogP contribution in [0.15, 0.2) is 24.3 Å². The molecule has 0 atom stereocenters. The second kappa shape index (κ2) is 5.32. The lowest BCUT2D eigenvalue weighted by atomic mass is 10.2. The van der Waals surface area contributed by atoms with Crippen molar-refractivity contribution in [3.8, 4) is 17.2 Å². The average molecular weight is 278 g/mol. The molecule has 0 saturated heterocycles. The van der Waals surface area contributed by atoms with E-state index < -0.39 is 5.97 Å². The Balaban J connectivity index is 2.19. The minimum Gasteiger partial charge on any atom is -0.504 e. The number of carbonyl (C=O) groups excluding carboxylic acids is 1. The Morgan fingerprint density at radius 1 is 1.26 bits per heavy atom. The molecule has 0 fully saturated rings. The van der Waals surface area contributed by atoms with E-state index in [9.17, 15) is 9.90 Å². The van der Waals surface area contributed by atoms with Crippen molar-refractivity contribution < 1.29 is 19.4 Å². The van der Waals surface area contributed by atoms with Gasteiger partial charge in [0.2, 0.25) is 0 Å². The summed E-state index contributed by atoms with van der Waals surface area (Å²) in [4.78, 5) is 13.6. The lowest BCUT2D eigenvalue weighted by Gasteiger charge is -2.06. The molecular formula is C14H14O4S. The van der Waals surface area contributed by atoms with Gasteiger partial charge < -0.3 is 14.6 Å². The Hall–Kier alpha value is -2.01. The summed E-state index contributed by atoms with van der Waals surface area (Å²) in [7, 11) is 1.46. The molecule has 4 nitrogen and oxygen atoms in total. The van der Waals surface area contributed by atoms with Gasteiger partial charge in [-0.3, -0.25) is 0 Å². The normalized spacial score (nSPS) is 10.3. The summed E-state index contributed by atoms with van der Waals surface area (Å²) in [5, 5.41) is 9.62. The number of thiophene rings is 1. The Morgan fingerprint density at radius 2 is 2.00 bits per heavy atom. The van der Waals surface area contributed by atoms with Gasteiger partial charge in [0.05, 0.1) is 7.11 Å². The molecule has 1 aromatic carbocycles. The average Bonchev–Trinajstić information content (AvgIpc) is 2.69. The summed E-state index contributed by atoms with van der Waals surface area (Å²) in [6.07, 6.45) is 0. The van der Waals surface area contributed by atoms with Gasteiger partial charge in [-0.25, -0.2) is 4.79 Å². The number of ether oxygens (including phenoxy) is 2. The molecule has 0 radical (unpaired) electrons. The third kappa shape index (κ3) is 2.88. The quantitative estimate of drug-likeness (QED) is 0.691. The second-order valence-electron chi connectivity index (χ2n) is 4.09. The topological polar surface area (TPSA) is 55.8 Å². The summed E-state index contributed by atoms with van der Waals surface area (Å²) >= 11 is 1.39. The lowest BCUT2D eigenvalue weighted by Crippen LogP contribution is -2.07. The number of esters is 1. The largest absolute Gasteiger partial charge is 0.504 e. The van der Waals surface area contributed by atoms with Gasteiger partial charge in [-0.2, -0.15) is 0 Å². The van der Waals surface area contributed by atoms with E-state index in [1.54, 1.807) is 12.1 Å². The van der Waals surface area contributed by atoms with Gasteiger partial charge in [0.25, 0.3) is 0 Å². The molecule has 5 heteroatoms. The monoisotopic (exact) mass is 278 g/mol. The fourth-order valence-electron chi connectivity index (χ4n) is 1.73. The van der Waals surface area contributed by atoms with Crippen LogP contribution >= 0.6 is 11.3 Å². The summed E-state index contributed by atoms with van der Waals surface area (Å²) < 4.78 is 10.2. The number of methoxy groups -OCH3 is 1. The fraction of sp³-hybridized carbons (Fsp3) is 0.214. The SMILES string of the molecule is COc1ccc(OC(=O)c2sc(C)cc2C)cc1O. The van der Waals surface area contributed by atoms with E-state index >= 15 is 0 Å². The molecule has 1 N–H and O–H groups in total. The van der Waals surface area contributed by atoms with Crippen molar-refractivity contribution >= 4 is 17.3 Å². The first-order valence-electron chi connectivity index (χ1n) is 5.67. The number of phenols is 1. The first-order valence-corrected chi connectivity index (χ1v) is 6.49. The summed E-state index contributed by atoms with van der Waals surface area (Å²) in [5.74, 6) is 0.142. The van der Waals surface area contributed by atoms with Gasteiger partial charge in [0.1, 0.15) is 10.6 Å². The maximum Gasteiger partial charge on any atom is 0.353 e. The van der Waals surface area contributed by atoms with E-state index in [4.69, 9.17) is 9.47 Å². The molecule has 0 spiro atoms. The van der Waals surface area contributed by atoms with Crippen LogP contribution < -0.4 is 9.47 Å². The van der Waals surface area contributed by atoms with Gasteiger partial charge in [-0.1, -0.05) is 0 Å². The minimum atomic E-state index is -0.417. The van der Waals surface area contributed by atoms with Crippen LogP contribution in [0.5, 0.6) is 17.2 Å². The number of benzene rings is 1. The highest BCUT2D eigenvalue weighted by atomic mass is 32.1. The molecule has 0 aliphatic rings. The molecule has 100 valence electrons. The van der Waals surface area contributed by atoms with E-state index in [1.807, 2.05) is 19.9 Å². The third-order valence-electron chi connectivity index (χ3n) is 2.59. The highest BCUT2D eigenvalue weighted by molar-refractivity contribution is 7.14. The molecule has 19 heavy (non-hydrogen) atoms. The molecule has 0 aliphatic heterocycles. The number of hydrogen-bond donors (Lipinski definition) is 1. The molecule has 0 amide bonds. The Kier molecular flexibility index (Phi) is 3.76. The highest BCUT2D eigenvalue weighted by Gasteiger charge is 2.15. The van der Waals surface area contributed by atoms with Crippen molar-refractivity contribution in [2.24, 2.45) is 0 Å². The molecule has 2 rings (SSSR count). The van der Waals surface area contributed by atoms with Crippen molar-refractivity contribution in [3.05, 3.63) is 39.6 Å². The molecule has 1 heterocycles. The zero-order chi connectivity index (χ0) is 14.0. The molecule has 1 aromatic heterocycles. The van der Waals surface area contributed by atoms with Crippen LogP contribution in [0.3, 0.4) is 0 Å². The maximum absolute atomic E-state index is 12.0. The summed E-state index contributed by atoms with van der Waals surface area (Å²) in [5.41, 5.74) is 0.894. The van der Waals surface area contributed by atoms with Crippen LogP contribution in [0.25, 0.3) is 0 Å². The zero-order valence-corrected chi connectivity index (χ0v) is 11.7. The minimum absolute atomic E-state index is 0.0631. The Labute approximate surface area is 115 Å². The van der Waals surface area contributed by atoms with Gasteiger partial charge in [-0.15, -0.1) is 11.3 Å². The van der Waals surface area contributed by atoms with Crippen LogP contribution in [0, 0.1) is 13.8 Å². The first kappa shape index (κ1) is 13.4. The van der Waals surface area contributed by atoms with Gasteiger partial charge in [0, 0.05) is 10.9 Å². The number of carbonyl (C=O) groups is 1. The highest BCUT2D eigenvalue weighted by Crippen LogP contribution is 2.30. The predicted molar refractivity (Wildman–Crippen MR) is 73.4 cm³/mol. The van der Waals surface area contributed by atoms with Crippen molar-refractivity contribution in [2.45, 2.75) is 13.8 Å². The second-order valence-corrected chi connectivity index (χ2v) is 5.35. The number of phenolic OH excluding ortho intramolecular Hbond substituents is 1. The number of aromatic hydroxyl groups is 1. The van der Waals surface area contributed by atoms with Crippen LogP contribution in [-0.4, -0.2) is 18.2 Å². The number of rotatable bonds is 3. The smallest absolute Gasteiger partial charge is 0.353 e. The van der Waals surface area contributed by atoms with E-state index in [0.717, 1.165) is 10.4 Å². The standard InChI is InChI=1S/C14H14O4S/c1-8-6-9(2)19-13(8)14(16)18-10-4-5-12(17-3)11(15)7-10/h4-7,15H,1-3H3. The molecule has 0 bridgehead atoms. The molecule has 0 aliphatic carbocycles. The van der Waals surface area contributed by atoms with Crippen molar-refractivity contribution in [1.29, 1.82) is 0 Å². The Morgan fingerprint density at radius 3 is 2.53 bits per heavy atom. The molecule has 0 saturated carbocycles. The van der Waals surface area contributed by atoms with E-state index in [2.05, 4.69) is 0 Å². The van der Waals surface area contributed by atoms with Crippen molar-refractivity contribution in [2.75, 3.05) is 7.11 Å². The Bertz CT molecular complexity index is 616. The van der Waals surface area contributed by atoms with Crippen molar-refractivity contribution in [1.82, 2.24) is 0 Å². The fourth-order valence-corrected chi connectivity index (χ4v) is 2.63. The van der Waals surface area contributed by atoms with E-state index in [-0.39, 0.29) is 11.5 Å². The lowest BCUT2D eigenvalue weighted by molar-refractivity contribution is 0.0739. The van der Waals surface area contributed by atoms with E-state index in [1.165, 1.54) is 24.5 Å². The summed E-state index contributed by atoms with van der Waals surface area (Å²) in [6.45, 7) is 3.80. The van der Waals surface area contributed by atoms with Gasteiger partial charge >= 0.3 is 5.97 Å². The van der Waals surface area contributed by atoms with Crippen molar-refractivity contribution in [3.63, 3.8) is 0 Å². The van der Waals surface area contributed by atoms with Gasteiger partial charge in [0.15, 0.2) is 11.5 Å². The molecule has 0 unspecified atom stereocenters. The predicted octanol–water partition coefficient (Wildman–Crippen LogP) is 3.30. The number of hydrogen-bond acceptors (Lipinski definition) is 5. The van der Waals surface area contributed by atoms with Crippen LogP contribution in [0.2, 0.25) is 0 Å². The zero-order valence-electron chi connectivity index (χ0n) is 10.9.